The highest BCUT2D eigenvalue weighted by atomic mass is 79.9. The van der Waals surface area contributed by atoms with Gasteiger partial charge in [0.1, 0.15) is 128 Å². The first kappa shape index (κ1) is 68.2. The molecule has 7 heterocycles. The molecule has 0 aliphatic carbocycles. The molecule has 33 nitrogen and oxygen atoms in total. The van der Waals surface area contributed by atoms with Crippen molar-refractivity contribution >= 4 is 21.8 Å². The molecule has 21 unspecified atom stereocenters. The molecule has 7 fully saturated rings. The summed E-state index contributed by atoms with van der Waals surface area (Å²) in [5, 5.41) is 199. The van der Waals surface area contributed by atoms with E-state index in [4.69, 9.17) is 61.6 Å². The first-order chi connectivity index (χ1) is 38.9. The average Bonchev–Trinajstić information content (AvgIpc) is 3.59. The Balaban J connectivity index is 1.17. The third-order valence-corrected chi connectivity index (χ3v) is 16.9. The summed E-state index contributed by atoms with van der Waals surface area (Å²) >= 11 is 3.04. The molecule has 0 aromatic carbocycles. The highest BCUT2D eigenvalue weighted by molar-refractivity contribution is 9.09. The lowest BCUT2D eigenvalue weighted by Gasteiger charge is -2.50. The van der Waals surface area contributed by atoms with Crippen molar-refractivity contribution in [3.05, 3.63) is 0 Å². The molecule has 7 aliphatic heterocycles. The number of nitrogens with one attached hydrogen (secondary N) is 1. The summed E-state index contributed by atoms with van der Waals surface area (Å²) in [7, 11) is 0. The van der Waals surface area contributed by atoms with Gasteiger partial charge in [0.2, 0.25) is 5.91 Å². The first-order valence-electron chi connectivity index (χ1n) is 27.0. The maximum atomic E-state index is 12.2. The highest BCUT2D eigenvalue weighted by Gasteiger charge is 2.58. The average molecular weight is 1270 g/mol. The van der Waals surface area contributed by atoms with Gasteiger partial charge in [-0.1, -0.05) is 43.6 Å². The SMILES string of the molecule is CC1C(O)[C@H](O)C(CO)O[C@H]1OC1[C@@H](OCC2O[C@@H](OC3C(CO)O[C@@H](OC4C(CO)O[C@@H](NC(=O)CBr)C(C)[C@H]4O)C(C)[C@H]3O)C(O)[C@@H](OC3OC(CO)[C@H](O)C(O)[C@@H]3O[C@@H]3OC(CO)C(O)[C@H](O)C3C)C2O)OC(CO)C(O)[C@@H]1O. The van der Waals surface area contributed by atoms with E-state index in [0.717, 1.165) is 0 Å². The van der Waals surface area contributed by atoms with E-state index < -0.39 is 266 Å². The second-order valence-electron chi connectivity index (χ2n) is 21.8. The Morgan fingerprint density at radius 1 is 0.354 bits per heavy atom. The van der Waals surface area contributed by atoms with Gasteiger partial charge in [-0.05, 0) is 0 Å². The summed E-state index contributed by atoms with van der Waals surface area (Å²) < 4.78 is 77.7. The van der Waals surface area contributed by atoms with Crippen LogP contribution in [0.15, 0.2) is 0 Å². The molecule has 19 N–H and O–H groups in total. The lowest BCUT2D eigenvalue weighted by Crippen LogP contribution is -2.68. The Morgan fingerprint density at radius 3 is 1.16 bits per heavy atom. The number of hydrogen-bond acceptors (Lipinski definition) is 32. The van der Waals surface area contributed by atoms with Crippen LogP contribution in [0, 0.1) is 23.7 Å². The van der Waals surface area contributed by atoms with Crippen LogP contribution in [0.25, 0.3) is 0 Å². The molecule has 478 valence electrons. The Kier molecular flexibility index (Phi) is 24.8. The molecule has 0 saturated carbocycles. The van der Waals surface area contributed by atoms with E-state index in [0.29, 0.717) is 0 Å². The molecule has 7 rings (SSSR count). The zero-order valence-corrected chi connectivity index (χ0v) is 46.6. The summed E-state index contributed by atoms with van der Waals surface area (Å²) in [4.78, 5) is 12.2. The zero-order chi connectivity index (χ0) is 60.3. The first-order valence-corrected chi connectivity index (χ1v) is 28.2. The van der Waals surface area contributed by atoms with Crippen molar-refractivity contribution in [2.24, 2.45) is 23.7 Å². The van der Waals surface area contributed by atoms with Gasteiger partial charge in [0.15, 0.2) is 37.7 Å². The van der Waals surface area contributed by atoms with E-state index in [1.165, 1.54) is 20.8 Å². The van der Waals surface area contributed by atoms with Crippen molar-refractivity contribution in [3.63, 3.8) is 0 Å². The molecular weight excluding hydrogens is 1180 g/mol. The molecule has 7 saturated heterocycles. The van der Waals surface area contributed by atoms with Crippen LogP contribution < -0.4 is 5.32 Å². The van der Waals surface area contributed by atoms with Crippen LogP contribution in [-0.4, -0.2) is 340 Å². The van der Waals surface area contributed by atoms with Crippen LogP contribution in [0.1, 0.15) is 27.7 Å². The minimum Gasteiger partial charge on any atom is -0.394 e. The molecule has 0 aromatic rings. The topological polar surface area (TPSA) is 513 Å². The Morgan fingerprint density at radius 2 is 0.695 bits per heavy atom. The van der Waals surface area contributed by atoms with E-state index in [1.54, 1.807) is 6.92 Å². The van der Waals surface area contributed by atoms with Crippen molar-refractivity contribution in [3.8, 4) is 0 Å². The molecular formula is C48H82BrNO32. The van der Waals surface area contributed by atoms with Crippen LogP contribution in [0.3, 0.4) is 0 Å². The highest BCUT2D eigenvalue weighted by Crippen LogP contribution is 2.40. The summed E-state index contributed by atoms with van der Waals surface area (Å²) in [6.45, 7) is -0.268. The Bertz CT molecular complexity index is 1960. The van der Waals surface area contributed by atoms with Crippen molar-refractivity contribution in [1.82, 2.24) is 5.32 Å². The lowest BCUT2D eigenvalue weighted by molar-refractivity contribution is -0.398. The van der Waals surface area contributed by atoms with E-state index in [9.17, 15) is 96.7 Å². The largest absolute Gasteiger partial charge is 0.394 e. The van der Waals surface area contributed by atoms with Crippen LogP contribution in [0.2, 0.25) is 0 Å². The van der Waals surface area contributed by atoms with Gasteiger partial charge in [-0.3, -0.25) is 4.79 Å². The quantitative estimate of drug-likeness (QED) is 0.0475. The maximum Gasteiger partial charge on any atom is 0.232 e. The molecule has 1 amide bonds. The van der Waals surface area contributed by atoms with E-state index in [1.807, 2.05) is 0 Å². The van der Waals surface area contributed by atoms with Crippen LogP contribution >= 0.6 is 15.9 Å². The Labute approximate surface area is 477 Å². The minimum absolute atomic E-state index is 0.0904. The lowest BCUT2D eigenvalue weighted by atomic mass is 9.89. The molecule has 34 heteroatoms. The second-order valence-corrected chi connectivity index (χ2v) is 22.4. The summed E-state index contributed by atoms with van der Waals surface area (Å²) in [6.07, 6.45) is -52.7. The molecule has 0 aromatic heterocycles. The van der Waals surface area contributed by atoms with Crippen molar-refractivity contribution in [2.75, 3.05) is 51.6 Å². The van der Waals surface area contributed by atoms with E-state index in [2.05, 4.69) is 21.2 Å². The van der Waals surface area contributed by atoms with Crippen LogP contribution in [0.5, 0.6) is 0 Å². The molecule has 7 aliphatic rings. The number of carbonyl (C=O) groups excluding carboxylic acids is 1. The summed E-state index contributed by atoms with van der Waals surface area (Å²) in [5.74, 6) is -4.63. The van der Waals surface area contributed by atoms with Crippen LogP contribution in [-0.2, 0) is 66.4 Å². The van der Waals surface area contributed by atoms with Gasteiger partial charge in [0, 0.05) is 23.7 Å². The number of carbonyl (C=O) groups is 1. The standard InChI is InChI=1S/C48H82BrNO32/c1-13-27(60)37(21(10-55)71-42(13)50-24(57)5-49)78-45-16(4)28(61)38(22(11-56)76-45)79-46-36(69)39(80-48-41(35(68)32(65)20(9-54)75-48)82-44-15(3)26(59)30(63)18(7-52)73-44)33(66)23(77-46)12-70-47-40(34(67)31(64)19(8-53)74-47)81-43-14(2)25(58)29(62)17(6-51)72-43/h13-23,25-48,51-56,58-69H,5-12H2,1-4H3,(H,50,57)/t13?,14?,15?,16?,17?,18?,19?,20?,21?,22?,23?,25?,26-,27-,28-,29-,30?,31?,32+,33?,34+,35?,36?,37?,38?,39+,40?,41+,42-,43+,44+,45+,46+,47+,48?/m1/s1. The summed E-state index contributed by atoms with van der Waals surface area (Å²) in [6, 6.07) is 0. The predicted molar refractivity (Wildman–Crippen MR) is 264 cm³/mol. The van der Waals surface area contributed by atoms with E-state index >= 15 is 0 Å². The molecule has 82 heavy (non-hydrogen) atoms. The predicted octanol–water partition coefficient (Wildman–Crippen LogP) is -10.7. The van der Waals surface area contributed by atoms with Gasteiger partial charge >= 0.3 is 0 Å². The molecule has 0 spiro atoms. The number of ether oxygens (including phenoxy) is 13. The molecule has 0 radical (unpaired) electrons. The zero-order valence-electron chi connectivity index (χ0n) is 45.0. The van der Waals surface area contributed by atoms with Gasteiger partial charge in [-0.2, -0.15) is 0 Å². The number of halogens is 1. The number of aliphatic hydroxyl groups excluding tert-OH is 18. The maximum absolute atomic E-state index is 12.2. The molecule has 0 bridgehead atoms. The van der Waals surface area contributed by atoms with Gasteiger partial charge < -0.3 is 159 Å². The monoisotopic (exact) mass is 1260 g/mol. The fourth-order valence-corrected chi connectivity index (χ4v) is 11.1. The fourth-order valence-electron chi connectivity index (χ4n) is 11.0. The van der Waals surface area contributed by atoms with Gasteiger partial charge in [-0.25, -0.2) is 0 Å². The summed E-state index contributed by atoms with van der Waals surface area (Å²) in [5.41, 5.74) is 0. The third-order valence-electron chi connectivity index (χ3n) is 16.4. The number of alkyl halides is 1. The van der Waals surface area contributed by atoms with Crippen LogP contribution in [0.4, 0.5) is 0 Å². The third kappa shape index (κ3) is 14.4. The number of amides is 1. The fraction of sp³-hybridized carbons (Fsp3) is 0.979. The van der Waals surface area contributed by atoms with Crippen molar-refractivity contribution in [2.45, 2.75) is 218 Å². The number of hydrogen-bond donors (Lipinski definition) is 19. The van der Waals surface area contributed by atoms with Gasteiger partial charge in [0.25, 0.3) is 0 Å². The number of rotatable bonds is 21. The smallest absolute Gasteiger partial charge is 0.232 e. The van der Waals surface area contributed by atoms with Crippen molar-refractivity contribution in [1.29, 1.82) is 0 Å². The number of aliphatic hydroxyl groups is 18. The Hall–Kier alpha value is -1.29. The van der Waals surface area contributed by atoms with Crippen molar-refractivity contribution < 1.29 is 158 Å². The normalized spacial score (nSPS) is 51.4. The van der Waals surface area contributed by atoms with E-state index in [-0.39, 0.29) is 5.33 Å². The second kappa shape index (κ2) is 29.8. The van der Waals surface area contributed by atoms with Gasteiger partial charge in [-0.15, -0.1) is 0 Å². The molecule has 35 atom stereocenters. The minimum atomic E-state index is -2.23. The van der Waals surface area contributed by atoms with Gasteiger partial charge in [0.05, 0.1) is 76.0 Å².